The Morgan fingerprint density at radius 1 is 1.00 bits per heavy atom. The van der Waals surface area contributed by atoms with Crippen LogP contribution in [-0.2, 0) is 0 Å². The summed E-state index contributed by atoms with van der Waals surface area (Å²) >= 11 is 0. The SMILES string of the molecule is [c]1c(-c2ccncc2)oc2ccccc12. The Kier molecular flexibility index (Phi) is 1.78. The summed E-state index contributed by atoms with van der Waals surface area (Å²) in [6.45, 7) is 0. The Labute approximate surface area is 87.2 Å². The van der Waals surface area contributed by atoms with Crippen molar-refractivity contribution in [1.29, 1.82) is 0 Å². The van der Waals surface area contributed by atoms with Crippen LogP contribution in [0, 0.1) is 6.07 Å². The molecule has 2 aromatic heterocycles. The summed E-state index contributed by atoms with van der Waals surface area (Å²) in [5.74, 6) is 0.763. The van der Waals surface area contributed by atoms with Gasteiger partial charge in [-0.1, -0.05) is 18.2 Å². The molecule has 0 bridgehead atoms. The van der Waals surface area contributed by atoms with E-state index >= 15 is 0 Å². The molecular formula is C13H8NO. The molecule has 0 aliphatic carbocycles. The van der Waals surface area contributed by atoms with Crippen molar-refractivity contribution in [3.63, 3.8) is 0 Å². The normalized spacial score (nSPS) is 10.7. The van der Waals surface area contributed by atoms with E-state index in [0.29, 0.717) is 0 Å². The van der Waals surface area contributed by atoms with Gasteiger partial charge < -0.3 is 4.42 Å². The van der Waals surface area contributed by atoms with Crippen molar-refractivity contribution in [1.82, 2.24) is 4.98 Å². The largest absolute Gasteiger partial charge is 0.455 e. The van der Waals surface area contributed by atoms with Crippen LogP contribution < -0.4 is 0 Å². The first-order valence-corrected chi connectivity index (χ1v) is 4.75. The third-order valence-corrected chi connectivity index (χ3v) is 2.29. The van der Waals surface area contributed by atoms with Gasteiger partial charge in [0.1, 0.15) is 11.3 Å². The lowest BCUT2D eigenvalue weighted by Gasteiger charge is -1.92. The number of rotatable bonds is 1. The van der Waals surface area contributed by atoms with Crippen molar-refractivity contribution < 1.29 is 4.42 Å². The van der Waals surface area contributed by atoms with Crippen LogP contribution >= 0.6 is 0 Å². The van der Waals surface area contributed by atoms with Crippen LogP contribution in [0.1, 0.15) is 0 Å². The number of aromatic nitrogens is 1. The predicted molar refractivity (Wildman–Crippen MR) is 58.3 cm³/mol. The molecule has 0 amide bonds. The van der Waals surface area contributed by atoms with Crippen molar-refractivity contribution >= 4 is 11.0 Å². The molecule has 1 radical (unpaired) electrons. The van der Waals surface area contributed by atoms with E-state index in [0.717, 1.165) is 22.3 Å². The standard InChI is InChI=1S/C13H8NO/c1-2-4-12-11(3-1)9-13(15-12)10-5-7-14-8-6-10/h1-8H. The lowest BCUT2D eigenvalue weighted by molar-refractivity contribution is 0.631. The Morgan fingerprint density at radius 3 is 2.60 bits per heavy atom. The Balaban J connectivity index is 2.21. The number of benzene rings is 1. The first kappa shape index (κ1) is 8.24. The van der Waals surface area contributed by atoms with Crippen LogP contribution in [0.2, 0.25) is 0 Å². The molecule has 2 nitrogen and oxygen atoms in total. The van der Waals surface area contributed by atoms with E-state index in [1.807, 2.05) is 36.4 Å². The second-order valence-corrected chi connectivity index (χ2v) is 3.29. The molecule has 3 aromatic rings. The summed E-state index contributed by atoms with van der Waals surface area (Å²) < 4.78 is 5.67. The molecule has 15 heavy (non-hydrogen) atoms. The molecule has 0 saturated heterocycles. The fourth-order valence-electron chi connectivity index (χ4n) is 1.55. The summed E-state index contributed by atoms with van der Waals surface area (Å²) in [5.41, 5.74) is 1.87. The van der Waals surface area contributed by atoms with Crippen molar-refractivity contribution in [2.45, 2.75) is 0 Å². The minimum atomic E-state index is 0.763. The van der Waals surface area contributed by atoms with Crippen LogP contribution in [-0.4, -0.2) is 4.98 Å². The molecule has 0 N–H and O–H groups in total. The molecule has 0 aliphatic rings. The van der Waals surface area contributed by atoms with Crippen molar-refractivity contribution in [2.24, 2.45) is 0 Å². The summed E-state index contributed by atoms with van der Waals surface area (Å²) in [6, 6.07) is 14.9. The van der Waals surface area contributed by atoms with Gasteiger partial charge in [0.25, 0.3) is 0 Å². The highest BCUT2D eigenvalue weighted by Crippen LogP contribution is 2.26. The van der Waals surface area contributed by atoms with Gasteiger partial charge in [0.2, 0.25) is 0 Å². The maximum atomic E-state index is 5.67. The second-order valence-electron chi connectivity index (χ2n) is 3.29. The van der Waals surface area contributed by atoms with Crippen LogP contribution in [0.25, 0.3) is 22.3 Å². The number of hydrogen-bond acceptors (Lipinski definition) is 2. The lowest BCUT2D eigenvalue weighted by Crippen LogP contribution is -1.73. The summed E-state index contributed by atoms with van der Waals surface area (Å²) in [4.78, 5) is 3.97. The molecule has 2 heteroatoms. The van der Waals surface area contributed by atoms with Gasteiger partial charge >= 0.3 is 0 Å². The van der Waals surface area contributed by atoms with Gasteiger partial charge in [-0.05, 0) is 18.2 Å². The maximum Gasteiger partial charge on any atom is 0.143 e. The zero-order valence-electron chi connectivity index (χ0n) is 7.97. The fourth-order valence-corrected chi connectivity index (χ4v) is 1.55. The predicted octanol–water partition coefficient (Wildman–Crippen LogP) is 3.29. The van der Waals surface area contributed by atoms with E-state index in [4.69, 9.17) is 4.42 Å². The molecule has 0 unspecified atom stereocenters. The zero-order valence-corrected chi connectivity index (χ0v) is 7.97. The zero-order chi connectivity index (χ0) is 10.1. The lowest BCUT2D eigenvalue weighted by atomic mass is 10.2. The van der Waals surface area contributed by atoms with E-state index < -0.39 is 0 Å². The van der Waals surface area contributed by atoms with E-state index in [9.17, 15) is 0 Å². The van der Waals surface area contributed by atoms with E-state index in [1.165, 1.54) is 0 Å². The number of hydrogen-bond donors (Lipinski definition) is 0. The van der Waals surface area contributed by atoms with E-state index in [1.54, 1.807) is 12.4 Å². The first-order valence-electron chi connectivity index (χ1n) is 4.75. The molecule has 1 aromatic carbocycles. The monoisotopic (exact) mass is 194 g/mol. The topological polar surface area (TPSA) is 26.0 Å². The number of fused-ring (bicyclic) bond motifs is 1. The van der Waals surface area contributed by atoms with Crippen molar-refractivity contribution in [2.75, 3.05) is 0 Å². The minimum absolute atomic E-state index is 0.763. The number of nitrogens with zero attached hydrogens (tertiary/aromatic N) is 1. The van der Waals surface area contributed by atoms with Crippen molar-refractivity contribution in [3.05, 3.63) is 54.9 Å². The van der Waals surface area contributed by atoms with Gasteiger partial charge in [-0.25, -0.2) is 0 Å². The third kappa shape index (κ3) is 1.40. The minimum Gasteiger partial charge on any atom is -0.455 e. The Hall–Kier alpha value is -2.09. The Morgan fingerprint density at radius 2 is 1.80 bits per heavy atom. The summed E-state index contributed by atoms with van der Waals surface area (Å²) in [6.07, 6.45) is 3.49. The van der Waals surface area contributed by atoms with E-state index in [-0.39, 0.29) is 0 Å². The average molecular weight is 194 g/mol. The van der Waals surface area contributed by atoms with Crippen LogP contribution in [0.4, 0.5) is 0 Å². The first-order chi connectivity index (χ1) is 7.43. The number of furan rings is 1. The molecule has 0 spiro atoms. The fraction of sp³-hybridized carbons (Fsp3) is 0. The molecule has 71 valence electrons. The molecule has 0 atom stereocenters. The van der Waals surface area contributed by atoms with Crippen LogP contribution in [0.5, 0.6) is 0 Å². The van der Waals surface area contributed by atoms with Gasteiger partial charge in [0, 0.05) is 29.4 Å². The Bertz CT molecular complexity index is 551. The van der Waals surface area contributed by atoms with Crippen LogP contribution in [0.15, 0.2) is 53.2 Å². The third-order valence-electron chi connectivity index (χ3n) is 2.29. The van der Waals surface area contributed by atoms with Gasteiger partial charge in [-0.3, -0.25) is 4.98 Å². The quantitative estimate of drug-likeness (QED) is 0.594. The highest BCUT2D eigenvalue weighted by molar-refractivity contribution is 5.81. The molecule has 0 fully saturated rings. The highest BCUT2D eigenvalue weighted by atomic mass is 16.3. The number of para-hydroxylation sites is 1. The van der Waals surface area contributed by atoms with Gasteiger partial charge in [-0.2, -0.15) is 0 Å². The smallest absolute Gasteiger partial charge is 0.143 e. The molecular weight excluding hydrogens is 186 g/mol. The van der Waals surface area contributed by atoms with Gasteiger partial charge in [0.05, 0.1) is 0 Å². The molecule has 2 heterocycles. The van der Waals surface area contributed by atoms with Gasteiger partial charge in [0.15, 0.2) is 0 Å². The summed E-state index contributed by atoms with van der Waals surface area (Å²) in [5, 5.41) is 1.00. The molecule has 0 saturated carbocycles. The van der Waals surface area contributed by atoms with Gasteiger partial charge in [-0.15, -0.1) is 0 Å². The van der Waals surface area contributed by atoms with Crippen molar-refractivity contribution in [3.8, 4) is 11.3 Å². The second kappa shape index (κ2) is 3.24. The average Bonchev–Trinajstić information content (AvgIpc) is 2.74. The number of pyridine rings is 1. The molecule has 0 aliphatic heterocycles. The summed E-state index contributed by atoms with van der Waals surface area (Å²) in [7, 11) is 0. The maximum absolute atomic E-state index is 5.67. The van der Waals surface area contributed by atoms with Crippen LogP contribution in [0.3, 0.4) is 0 Å². The highest BCUT2D eigenvalue weighted by Gasteiger charge is 2.04. The van der Waals surface area contributed by atoms with E-state index in [2.05, 4.69) is 11.1 Å². The molecule has 3 rings (SSSR count).